The van der Waals surface area contributed by atoms with E-state index in [1.54, 1.807) is 0 Å². The van der Waals surface area contributed by atoms with Gasteiger partial charge in [-0.25, -0.2) is 10.8 Å². The number of carbonyl (C=O) groups is 1. The second-order valence-corrected chi connectivity index (χ2v) is 3.09. The zero-order valence-electron chi connectivity index (χ0n) is 8.42. The molecule has 0 saturated heterocycles. The van der Waals surface area contributed by atoms with Crippen LogP contribution in [0.4, 0.5) is 0 Å². The Morgan fingerprint density at radius 1 is 1.12 bits per heavy atom. The first-order valence-corrected chi connectivity index (χ1v) is 4.70. The molecule has 0 fully saturated rings. The molecule has 0 radical (unpaired) electrons. The van der Waals surface area contributed by atoms with Crippen molar-refractivity contribution in [1.82, 2.24) is 15.4 Å². The van der Waals surface area contributed by atoms with Crippen molar-refractivity contribution in [3.8, 4) is 11.3 Å². The van der Waals surface area contributed by atoms with Crippen LogP contribution in [-0.4, -0.2) is 15.9 Å². The van der Waals surface area contributed by atoms with Crippen LogP contribution in [0.25, 0.3) is 11.3 Å². The number of nitrogens with one attached hydrogen (secondary N) is 1. The third-order valence-corrected chi connectivity index (χ3v) is 2.09. The zero-order valence-corrected chi connectivity index (χ0v) is 8.42. The number of carbonyl (C=O) groups excluding carboxylic acids is 1. The van der Waals surface area contributed by atoms with Crippen molar-refractivity contribution in [1.29, 1.82) is 0 Å². The molecule has 0 bridgehead atoms. The maximum absolute atomic E-state index is 11.5. The van der Waals surface area contributed by atoms with E-state index in [4.69, 9.17) is 5.84 Å². The van der Waals surface area contributed by atoms with Crippen LogP contribution < -0.4 is 11.3 Å². The van der Waals surface area contributed by atoms with Gasteiger partial charge in [0, 0.05) is 18.0 Å². The van der Waals surface area contributed by atoms with E-state index >= 15 is 0 Å². The Bertz CT molecular complexity index is 498. The molecule has 0 saturated carbocycles. The summed E-state index contributed by atoms with van der Waals surface area (Å²) in [4.78, 5) is 19.6. The number of nitrogens with two attached hydrogens (primary N) is 1. The molecule has 1 aromatic carbocycles. The molecule has 0 aliphatic carbocycles. The summed E-state index contributed by atoms with van der Waals surface area (Å²) < 4.78 is 0. The van der Waals surface area contributed by atoms with Gasteiger partial charge in [0.1, 0.15) is 5.69 Å². The predicted octanol–water partition coefficient (Wildman–Crippen LogP) is 0.747. The van der Waals surface area contributed by atoms with Crippen LogP contribution in [0.1, 0.15) is 10.5 Å². The largest absolute Gasteiger partial charge is 0.289 e. The number of benzene rings is 1. The molecule has 2 aromatic rings. The molecular weight excluding hydrogens is 204 g/mol. The fourth-order valence-corrected chi connectivity index (χ4v) is 1.38. The van der Waals surface area contributed by atoms with Gasteiger partial charge in [0.25, 0.3) is 5.91 Å². The van der Waals surface area contributed by atoms with Crippen molar-refractivity contribution in [2.24, 2.45) is 5.84 Å². The van der Waals surface area contributed by atoms with Crippen LogP contribution in [0.15, 0.2) is 42.7 Å². The Kier molecular flexibility index (Phi) is 2.88. The number of nitrogens with zero attached hydrogens (tertiary/aromatic N) is 2. The Labute approximate surface area is 92.3 Å². The standard InChI is InChI=1S/C11H10N4O/c12-15-11(16)10-9(13-6-7-14-10)8-4-2-1-3-5-8/h1-7H,12H2,(H,15,16). The summed E-state index contributed by atoms with van der Waals surface area (Å²) in [5, 5.41) is 0. The van der Waals surface area contributed by atoms with E-state index in [-0.39, 0.29) is 5.69 Å². The molecule has 0 aliphatic heterocycles. The lowest BCUT2D eigenvalue weighted by molar-refractivity contribution is 0.0949. The highest BCUT2D eigenvalue weighted by Crippen LogP contribution is 2.18. The lowest BCUT2D eigenvalue weighted by Gasteiger charge is -2.05. The summed E-state index contributed by atoms with van der Waals surface area (Å²) in [6, 6.07) is 9.35. The second-order valence-electron chi connectivity index (χ2n) is 3.09. The second kappa shape index (κ2) is 4.50. The van der Waals surface area contributed by atoms with Crippen molar-refractivity contribution >= 4 is 5.91 Å². The van der Waals surface area contributed by atoms with Gasteiger partial charge in [0.15, 0.2) is 5.69 Å². The van der Waals surface area contributed by atoms with E-state index in [9.17, 15) is 4.79 Å². The number of hydrazine groups is 1. The van der Waals surface area contributed by atoms with Gasteiger partial charge in [-0.1, -0.05) is 30.3 Å². The Morgan fingerprint density at radius 2 is 1.81 bits per heavy atom. The number of hydrogen-bond donors (Lipinski definition) is 2. The van der Waals surface area contributed by atoms with Gasteiger partial charge in [0.05, 0.1) is 0 Å². The van der Waals surface area contributed by atoms with Gasteiger partial charge in [-0.2, -0.15) is 0 Å². The third kappa shape index (κ3) is 1.89. The van der Waals surface area contributed by atoms with Gasteiger partial charge in [-0.15, -0.1) is 0 Å². The first-order valence-electron chi connectivity index (χ1n) is 4.70. The molecule has 0 atom stereocenters. The van der Waals surface area contributed by atoms with Gasteiger partial charge < -0.3 is 0 Å². The number of hydrogen-bond acceptors (Lipinski definition) is 4. The van der Waals surface area contributed by atoms with Gasteiger partial charge in [0.2, 0.25) is 0 Å². The molecule has 16 heavy (non-hydrogen) atoms. The van der Waals surface area contributed by atoms with E-state index in [1.807, 2.05) is 35.8 Å². The first kappa shape index (κ1) is 10.3. The van der Waals surface area contributed by atoms with Gasteiger partial charge >= 0.3 is 0 Å². The Balaban J connectivity index is 2.53. The van der Waals surface area contributed by atoms with Crippen molar-refractivity contribution in [2.45, 2.75) is 0 Å². The highest BCUT2D eigenvalue weighted by Gasteiger charge is 2.13. The van der Waals surface area contributed by atoms with E-state index in [0.717, 1.165) is 5.56 Å². The SMILES string of the molecule is NNC(=O)c1nccnc1-c1ccccc1. The van der Waals surface area contributed by atoms with E-state index in [1.165, 1.54) is 12.4 Å². The smallest absolute Gasteiger partial charge is 0.286 e. The maximum atomic E-state index is 11.5. The number of nitrogen functional groups attached to an aromatic ring is 1. The highest BCUT2D eigenvalue weighted by molar-refractivity contribution is 5.97. The minimum Gasteiger partial charge on any atom is -0.289 e. The molecule has 1 amide bonds. The summed E-state index contributed by atoms with van der Waals surface area (Å²) in [7, 11) is 0. The molecule has 0 aliphatic rings. The van der Waals surface area contributed by atoms with Crippen molar-refractivity contribution < 1.29 is 4.79 Å². The molecule has 5 nitrogen and oxygen atoms in total. The van der Waals surface area contributed by atoms with Crippen LogP contribution in [0.3, 0.4) is 0 Å². The molecule has 80 valence electrons. The van der Waals surface area contributed by atoms with Crippen molar-refractivity contribution in [3.63, 3.8) is 0 Å². The molecule has 5 heteroatoms. The van der Waals surface area contributed by atoms with E-state index < -0.39 is 5.91 Å². The lowest BCUT2D eigenvalue weighted by atomic mass is 10.1. The maximum Gasteiger partial charge on any atom is 0.286 e. The molecule has 3 N–H and O–H groups in total. The van der Waals surface area contributed by atoms with Crippen LogP contribution >= 0.6 is 0 Å². The van der Waals surface area contributed by atoms with Crippen LogP contribution in [0.2, 0.25) is 0 Å². The first-order chi connectivity index (χ1) is 7.83. The minimum atomic E-state index is -0.452. The number of aromatic nitrogens is 2. The van der Waals surface area contributed by atoms with Crippen LogP contribution in [-0.2, 0) is 0 Å². The quantitative estimate of drug-likeness (QED) is 0.439. The van der Waals surface area contributed by atoms with E-state index in [2.05, 4.69) is 9.97 Å². The van der Waals surface area contributed by atoms with Gasteiger partial charge in [-0.3, -0.25) is 15.2 Å². The third-order valence-electron chi connectivity index (χ3n) is 2.09. The molecule has 0 spiro atoms. The Hall–Kier alpha value is -2.27. The lowest BCUT2D eigenvalue weighted by Crippen LogP contribution is -2.31. The summed E-state index contributed by atoms with van der Waals surface area (Å²) in [6.07, 6.45) is 2.99. The summed E-state index contributed by atoms with van der Waals surface area (Å²) in [6.45, 7) is 0. The highest BCUT2D eigenvalue weighted by atomic mass is 16.2. The normalized spacial score (nSPS) is 9.81. The van der Waals surface area contributed by atoms with Crippen molar-refractivity contribution in [2.75, 3.05) is 0 Å². The summed E-state index contributed by atoms with van der Waals surface area (Å²) in [5.41, 5.74) is 3.62. The Morgan fingerprint density at radius 3 is 2.50 bits per heavy atom. The summed E-state index contributed by atoms with van der Waals surface area (Å²) >= 11 is 0. The summed E-state index contributed by atoms with van der Waals surface area (Å²) in [5.74, 6) is 4.63. The average Bonchev–Trinajstić information content (AvgIpc) is 2.39. The molecule has 1 aromatic heterocycles. The van der Waals surface area contributed by atoms with E-state index in [0.29, 0.717) is 5.69 Å². The van der Waals surface area contributed by atoms with Gasteiger partial charge in [-0.05, 0) is 0 Å². The minimum absolute atomic E-state index is 0.219. The molecular formula is C11H10N4O. The van der Waals surface area contributed by atoms with Crippen LogP contribution in [0.5, 0.6) is 0 Å². The van der Waals surface area contributed by atoms with Crippen molar-refractivity contribution in [3.05, 3.63) is 48.4 Å². The monoisotopic (exact) mass is 214 g/mol. The fraction of sp³-hybridized carbons (Fsp3) is 0. The molecule has 0 unspecified atom stereocenters. The average molecular weight is 214 g/mol. The number of amides is 1. The molecule has 2 rings (SSSR count). The fourth-order valence-electron chi connectivity index (χ4n) is 1.38. The number of rotatable bonds is 2. The molecule has 1 heterocycles. The topological polar surface area (TPSA) is 80.9 Å². The predicted molar refractivity (Wildman–Crippen MR) is 59.1 cm³/mol. The zero-order chi connectivity index (χ0) is 11.4. The van der Waals surface area contributed by atoms with Crippen LogP contribution in [0, 0.1) is 0 Å².